The van der Waals surface area contributed by atoms with Crippen molar-refractivity contribution in [3.63, 3.8) is 0 Å². The first-order valence-corrected chi connectivity index (χ1v) is 2.99. The molecule has 52 valence electrons. The van der Waals surface area contributed by atoms with Crippen LogP contribution >= 0.6 is 0 Å². The van der Waals surface area contributed by atoms with Gasteiger partial charge in [-0.2, -0.15) is 0 Å². The van der Waals surface area contributed by atoms with Gasteiger partial charge in [0.25, 0.3) is 0 Å². The molecule has 1 rings (SSSR count). The average molecular weight is 137 g/mol. The van der Waals surface area contributed by atoms with E-state index in [1.807, 2.05) is 0 Å². The zero-order valence-corrected chi connectivity index (χ0v) is 5.76. The third kappa shape index (κ3) is 1.21. The molecule has 0 atom stereocenters. The summed E-state index contributed by atoms with van der Waals surface area (Å²) in [6.45, 7) is 5.14. The van der Waals surface area contributed by atoms with Gasteiger partial charge in [0.05, 0.1) is 11.4 Å². The van der Waals surface area contributed by atoms with E-state index in [0.717, 1.165) is 0 Å². The Hall–Kier alpha value is -1.18. The monoisotopic (exact) mass is 137 g/mol. The van der Waals surface area contributed by atoms with E-state index in [0.29, 0.717) is 11.4 Å². The van der Waals surface area contributed by atoms with E-state index >= 15 is 0 Å². The summed E-state index contributed by atoms with van der Waals surface area (Å²) in [6, 6.07) is 2.98. The average Bonchev–Trinajstić information content (AvgIpc) is 1.95. The third-order valence-electron chi connectivity index (χ3n) is 1.25. The quantitative estimate of drug-likeness (QED) is 0.578. The van der Waals surface area contributed by atoms with Crippen LogP contribution in [-0.4, -0.2) is 4.98 Å². The molecule has 0 unspecified atom stereocenters. The molecule has 1 aromatic heterocycles. The second-order valence-electron chi connectivity index (χ2n) is 2.01. The van der Waals surface area contributed by atoms with Gasteiger partial charge in [-0.1, -0.05) is 6.58 Å². The van der Waals surface area contributed by atoms with Crippen LogP contribution in [0.3, 0.4) is 0 Å². The Labute approximate surface area is 59.2 Å². The Morgan fingerprint density at radius 2 is 2.30 bits per heavy atom. The molecule has 0 aromatic carbocycles. The lowest BCUT2D eigenvalue weighted by atomic mass is 10.3. The van der Waals surface area contributed by atoms with E-state index in [9.17, 15) is 4.39 Å². The molecule has 1 nitrogen and oxygen atoms in total. The van der Waals surface area contributed by atoms with Gasteiger partial charge in [-0.25, -0.2) is 4.39 Å². The summed E-state index contributed by atoms with van der Waals surface area (Å²) in [6.07, 6.45) is 1.59. The molecule has 0 spiro atoms. The Morgan fingerprint density at radius 1 is 1.60 bits per heavy atom. The van der Waals surface area contributed by atoms with Crippen LogP contribution < -0.4 is 0 Å². The maximum Gasteiger partial charge on any atom is 0.144 e. The lowest BCUT2D eigenvalue weighted by Crippen LogP contribution is -1.88. The van der Waals surface area contributed by atoms with Crippen molar-refractivity contribution >= 4 is 6.08 Å². The van der Waals surface area contributed by atoms with Gasteiger partial charge in [0.15, 0.2) is 0 Å². The smallest absolute Gasteiger partial charge is 0.144 e. The van der Waals surface area contributed by atoms with Crippen molar-refractivity contribution in [2.45, 2.75) is 6.92 Å². The minimum absolute atomic E-state index is 0.273. The van der Waals surface area contributed by atoms with Crippen molar-refractivity contribution in [1.82, 2.24) is 4.98 Å². The SMILES string of the molecule is C=Cc1ccc(F)c(C)n1. The van der Waals surface area contributed by atoms with Crippen molar-refractivity contribution in [1.29, 1.82) is 0 Å². The summed E-state index contributed by atoms with van der Waals surface area (Å²) in [7, 11) is 0. The molecule has 1 aromatic rings. The van der Waals surface area contributed by atoms with Crippen LogP contribution in [-0.2, 0) is 0 Å². The van der Waals surface area contributed by atoms with Gasteiger partial charge in [0.2, 0.25) is 0 Å². The fraction of sp³-hybridized carbons (Fsp3) is 0.125. The molecule has 0 fully saturated rings. The predicted molar refractivity (Wildman–Crippen MR) is 39.0 cm³/mol. The Morgan fingerprint density at radius 3 is 2.80 bits per heavy atom. The standard InChI is InChI=1S/C8H8FN/c1-3-7-4-5-8(9)6(2)10-7/h3-5H,1H2,2H3. The van der Waals surface area contributed by atoms with E-state index in [1.165, 1.54) is 6.07 Å². The molecular weight excluding hydrogens is 129 g/mol. The fourth-order valence-electron chi connectivity index (χ4n) is 0.677. The van der Waals surface area contributed by atoms with Gasteiger partial charge in [0.1, 0.15) is 5.82 Å². The number of rotatable bonds is 1. The zero-order valence-electron chi connectivity index (χ0n) is 5.76. The summed E-state index contributed by atoms with van der Waals surface area (Å²) in [5.41, 5.74) is 1.12. The Balaban J connectivity index is 3.16. The molecule has 0 bridgehead atoms. The maximum atomic E-state index is 12.5. The molecule has 1 heterocycles. The molecule has 0 saturated heterocycles. The van der Waals surface area contributed by atoms with Gasteiger partial charge < -0.3 is 0 Å². The largest absolute Gasteiger partial charge is 0.251 e. The number of halogens is 1. The van der Waals surface area contributed by atoms with Gasteiger partial charge in [0, 0.05) is 0 Å². The summed E-state index contributed by atoms with van der Waals surface area (Å²) in [5, 5.41) is 0. The molecule has 0 radical (unpaired) electrons. The minimum atomic E-state index is -0.273. The summed E-state index contributed by atoms with van der Waals surface area (Å²) in [4.78, 5) is 3.90. The maximum absolute atomic E-state index is 12.5. The van der Waals surface area contributed by atoms with E-state index in [4.69, 9.17) is 0 Å². The first kappa shape index (κ1) is 6.93. The summed E-state index contributed by atoms with van der Waals surface area (Å²) < 4.78 is 12.5. The highest BCUT2D eigenvalue weighted by molar-refractivity contribution is 5.41. The summed E-state index contributed by atoms with van der Waals surface area (Å²) >= 11 is 0. The molecule has 0 N–H and O–H groups in total. The predicted octanol–water partition coefficient (Wildman–Crippen LogP) is 2.17. The van der Waals surface area contributed by atoms with Crippen molar-refractivity contribution in [3.05, 3.63) is 35.9 Å². The van der Waals surface area contributed by atoms with Crippen LogP contribution in [0.5, 0.6) is 0 Å². The van der Waals surface area contributed by atoms with Crippen LogP contribution in [0.4, 0.5) is 4.39 Å². The van der Waals surface area contributed by atoms with E-state index in [-0.39, 0.29) is 5.82 Å². The molecule has 0 aliphatic heterocycles. The Kier molecular flexibility index (Phi) is 1.81. The van der Waals surface area contributed by atoms with Gasteiger partial charge >= 0.3 is 0 Å². The molecule has 0 saturated carbocycles. The number of nitrogens with zero attached hydrogens (tertiary/aromatic N) is 1. The number of hydrogen-bond donors (Lipinski definition) is 0. The van der Waals surface area contributed by atoms with Gasteiger partial charge in [-0.15, -0.1) is 0 Å². The topological polar surface area (TPSA) is 12.9 Å². The summed E-state index contributed by atoms with van der Waals surface area (Å²) in [5.74, 6) is -0.273. The second kappa shape index (κ2) is 2.60. The molecule has 10 heavy (non-hydrogen) atoms. The molecular formula is C8H8FN. The minimum Gasteiger partial charge on any atom is -0.251 e. The highest BCUT2D eigenvalue weighted by atomic mass is 19.1. The normalized spacial score (nSPS) is 9.40. The first-order chi connectivity index (χ1) is 4.74. The van der Waals surface area contributed by atoms with Crippen molar-refractivity contribution in [2.24, 2.45) is 0 Å². The van der Waals surface area contributed by atoms with Crippen molar-refractivity contribution in [3.8, 4) is 0 Å². The molecule has 0 aliphatic rings. The molecule has 2 heteroatoms. The van der Waals surface area contributed by atoms with Crippen LogP contribution in [0.2, 0.25) is 0 Å². The number of aromatic nitrogens is 1. The lowest BCUT2D eigenvalue weighted by Gasteiger charge is -1.95. The van der Waals surface area contributed by atoms with Crippen LogP contribution in [0, 0.1) is 12.7 Å². The van der Waals surface area contributed by atoms with Crippen molar-refractivity contribution < 1.29 is 4.39 Å². The first-order valence-electron chi connectivity index (χ1n) is 2.99. The van der Waals surface area contributed by atoms with E-state index in [1.54, 1.807) is 19.1 Å². The van der Waals surface area contributed by atoms with Crippen LogP contribution in [0.15, 0.2) is 18.7 Å². The lowest BCUT2D eigenvalue weighted by molar-refractivity contribution is 0.609. The highest BCUT2D eigenvalue weighted by Gasteiger charge is 1.95. The number of hydrogen-bond acceptors (Lipinski definition) is 1. The van der Waals surface area contributed by atoms with Crippen LogP contribution in [0.1, 0.15) is 11.4 Å². The fourth-order valence-corrected chi connectivity index (χ4v) is 0.677. The zero-order chi connectivity index (χ0) is 7.56. The third-order valence-corrected chi connectivity index (χ3v) is 1.25. The highest BCUT2D eigenvalue weighted by Crippen LogP contribution is 2.04. The number of aryl methyl sites for hydroxylation is 1. The van der Waals surface area contributed by atoms with Crippen molar-refractivity contribution in [2.75, 3.05) is 0 Å². The molecule has 0 amide bonds. The molecule has 0 aliphatic carbocycles. The van der Waals surface area contributed by atoms with Gasteiger partial charge in [-0.3, -0.25) is 4.98 Å². The van der Waals surface area contributed by atoms with E-state index in [2.05, 4.69) is 11.6 Å². The van der Waals surface area contributed by atoms with E-state index < -0.39 is 0 Å². The van der Waals surface area contributed by atoms with Crippen LogP contribution in [0.25, 0.3) is 6.08 Å². The van der Waals surface area contributed by atoms with Gasteiger partial charge in [-0.05, 0) is 25.1 Å². The number of pyridine rings is 1. The second-order valence-corrected chi connectivity index (χ2v) is 2.01. The Bertz CT molecular complexity index is 255.